The molecule has 0 unspecified atom stereocenters. The van der Waals surface area contributed by atoms with E-state index in [0.717, 1.165) is 28.9 Å². The molecule has 0 N–H and O–H groups in total. The molecule has 0 fully saturated rings. The molecule has 0 saturated heterocycles. The zero-order valence-corrected chi connectivity index (χ0v) is 12.2. The summed E-state index contributed by atoms with van der Waals surface area (Å²) in [6.07, 6.45) is 0.846. The highest BCUT2D eigenvalue weighted by molar-refractivity contribution is 6.17. The highest BCUT2D eigenvalue weighted by atomic mass is 35.5. The molecule has 0 saturated carbocycles. The van der Waals surface area contributed by atoms with Crippen molar-refractivity contribution in [3.05, 3.63) is 53.6 Å². The van der Waals surface area contributed by atoms with Crippen LogP contribution in [0.3, 0.4) is 0 Å². The normalized spacial score (nSPS) is 10.1. The molecule has 2 nitrogen and oxygen atoms in total. The topological polar surface area (TPSA) is 33.0 Å². The monoisotopic (exact) mass is 285 g/mol. The van der Waals surface area contributed by atoms with Gasteiger partial charge in [-0.3, -0.25) is 0 Å². The van der Waals surface area contributed by atoms with Gasteiger partial charge in [-0.05, 0) is 54.3 Å². The average molecular weight is 286 g/mol. The first-order chi connectivity index (χ1) is 9.74. The largest absolute Gasteiger partial charge is 0.493 e. The van der Waals surface area contributed by atoms with Crippen molar-refractivity contribution < 1.29 is 4.74 Å². The quantitative estimate of drug-likeness (QED) is 0.597. The van der Waals surface area contributed by atoms with Gasteiger partial charge in [-0.2, -0.15) is 5.26 Å². The molecule has 0 aliphatic heterocycles. The van der Waals surface area contributed by atoms with E-state index in [-0.39, 0.29) is 0 Å². The average Bonchev–Trinajstić information content (AvgIpc) is 2.49. The van der Waals surface area contributed by atoms with Crippen LogP contribution in [0.4, 0.5) is 0 Å². The third-order valence-corrected chi connectivity index (χ3v) is 3.33. The summed E-state index contributed by atoms with van der Waals surface area (Å²) in [6.45, 7) is 2.67. The summed E-state index contributed by atoms with van der Waals surface area (Å²) < 4.78 is 5.68. The third-order valence-electron chi connectivity index (χ3n) is 3.06. The van der Waals surface area contributed by atoms with Crippen LogP contribution >= 0.6 is 11.6 Å². The zero-order valence-electron chi connectivity index (χ0n) is 11.4. The Morgan fingerprint density at radius 3 is 2.40 bits per heavy atom. The molecule has 0 aliphatic rings. The summed E-state index contributed by atoms with van der Waals surface area (Å²) in [5.41, 5.74) is 3.99. The molecule has 2 aromatic rings. The van der Waals surface area contributed by atoms with Gasteiger partial charge in [0, 0.05) is 5.88 Å². The second-order valence-electron chi connectivity index (χ2n) is 4.56. The van der Waals surface area contributed by atoms with E-state index < -0.39 is 0 Å². The van der Waals surface area contributed by atoms with Crippen molar-refractivity contribution in [1.29, 1.82) is 5.26 Å². The summed E-state index contributed by atoms with van der Waals surface area (Å²) in [5.74, 6) is 1.51. The fourth-order valence-electron chi connectivity index (χ4n) is 1.96. The van der Waals surface area contributed by atoms with Gasteiger partial charge in [-0.25, -0.2) is 0 Å². The van der Waals surface area contributed by atoms with Crippen LogP contribution in [0.25, 0.3) is 11.1 Å². The van der Waals surface area contributed by atoms with Crippen LogP contribution in [0.15, 0.2) is 42.5 Å². The van der Waals surface area contributed by atoms with Crippen molar-refractivity contribution in [3.63, 3.8) is 0 Å². The summed E-state index contributed by atoms with van der Waals surface area (Å²) in [5, 5.41) is 8.81. The predicted octanol–water partition coefficient (Wildman–Crippen LogP) is 4.54. The van der Waals surface area contributed by atoms with Crippen molar-refractivity contribution in [2.45, 2.75) is 13.3 Å². The minimum absolute atomic E-state index is 0.613. The van der Waals surface area contributed by atoms with Crippen molar-refractivity contribution >= 4 is 11.6 Å². The van der Waals surface area contributed by atoms with Crippen LogP contribution in [0.5, 0.6) is 5.75 Å². The summed E-state index contributed by atoms with van der Waals surface area (Å²) in [4.78, 5) is 0. The summed E-state index contributed by atoms with van der Waals surface area (Å²) in [6, 6.07) is 15.8. The molecule has 2 aromatic carbocycles. The molecule has 0 bridgehead atoms. The van der Waals surface area contributed by atoms with Gasteiger partial charge >= 0.3 is 0 Å². The molecule has 0 aliphatic carbocycles. The summed E-state index contributed by atoms with van der Waals surface area (Å²) in [7, 11) is 0. The standard InChI is InChI=1S/C17H16ClNO/c1-13-11-16(7-8-17(13)20-10-2-9-18)15-5-3-14(12-19)4-6-15/h3-8,11H,2,9-10H2,1H3. The number of alkyl halides is 1. The minimum Gasteiger partial charge on any atom is -0.493 e. The SMILES string of the molecule is Cc1cc(-c2ccc(C#N)cc2)ccc1OCCCCl. The maximum absolute atomic E-state index is 8.81. The van der Waals surface area contributed by atoms with Gasteiger partial charge in [0.05, 0.1) is 18.2 Å². The van der Waals surface area contributed by atoms with E-state index in [4.69, 9.17) is 21.6 Å². The molecule has 2 rings (SSSR count). The van der Waals surface area contributed by atoms with Crippen molar-refractivity contribution in [2.75, 3.05) is 12.5 Å². The van der Waals surface area contributed by atoms with Crippen LogP contribution in [-0.4, -0.2) is 12.5 Å². The van der Waals surface area contributed by atoms with E-state index in [2.05, 4.69) is 12.1 Å². The first-order valence-corrected chi connectivity index (χ1v) is 7.08. The van der Waals surface area contributed by atoms with Crippen molar-refractivity contribution in [3.8, 4) is 22.9 Å². The van der Waals surface area contributed by atoms with Crippen molar-refractivity contribution in [1.82, 2.24) is 0 Å². The van der Waals surface area contributed by atoms with Crippen LogP contribution in [0, 0.1) is 18.3 Å². The molecule has 20 heavy (non-hydrogen) atoms. The Morgan fingerprint density at radius 2 is 1.80 bits per heavy atom. The molecule has 102 valence electrons. The number of aryl methyl sites for hydroxylation is 1. The van der Waals surface area contributed by atoms with Gasteiger partial charge < -0.3 is 4.74 Å². The number of halogens is 1. The predicted molar refractivity (Wildman–Crippen MR) is 82.2 cm³/mol. The van der Waals surface area contributed by atoms with E-state index in [0.29, 0.717) is 18.1 Å². The maximum Gasteiger partial charge on any atom is 0.122 e. The molecule has 3 heteroatoms. The Labute approximate surface area is 124 Å². The second-order valence-corrected chi connectivity index (χ2v) is 4.94. The fourth-order valence-corrected chi connectivity index (χ4v) is 2.07. The molecule has 0 heterocycles. The first kappa shape index (κ1) is 14.4. The van der Waals surface area contributed by atoms with Crippen LogP contribution in [0.2, 0.25) is 0 Å². The van der Waals surface area contributed by atoms with Gasteiger partial charge in [0.2, 0.25) is 0 Å². The Morgan fingerprint density at radius 1 is 1.10 bits per heavy atom. The number of nitrogens with zero attached hydrogens (tertiary/aromatic N) is 1. The lowest BCUT2D eigenvalue weighted by atomic mass is 10.0. The molecular formula is C17H16ClNO. The number of ether oxygens (including phenoxy) is 1. The molecule has 0 spiro atoms. The lowest BCUT2D eigenvalue weighted by molar-refractivity contribution is 0.316. The molecule has 0 radical (unpaired) electrons. The van der Waals surface area contributed by atoms with Gasteiger partial charge in [0.15, 0.2) is 0 Å². The van der Waals surface area contributed by atoms with Crippen LogP contribution in [0.1, 0.15) is 17.5 Å². The van der Waals surface area contributed by atoms with Gasteiger partial charge in [-0.15, -0.1) is 11.6 Å². The van der Waals surface area contributed by atoms with E-state index >= 15 is 0 Å². The van der Waals surface area contributed by atoms with E-state index in [1.807, 2.05) is 43.3 Å². The minimum atomic E-state index is 0.613. The molecule has 0 aromatic heterocycles. The Bertz CT molecular complexity index is 614. The lowest BCUT2D eigenvalue weighted by Gasteiger charge is -2.10. The van der Waals surface area contributed by atoms with Crippen LogP contribution in [-0.2, 0) is 0 Å². The number of hydrogen-bond donors (Lipinski definition) is 0. The number of nitriles is 1. The molecular weight excluding hydrogens is 270 g/mol. The number of hydrogen-bond acceptors (Lipinski definition) is 2. The van der Waals surface area contributed by atoms with Gasteiger partial charge in [-0.1, -0.05) is 18.2 Å². The van der Waals surface area contributed by atoms with E-state index in [1.165, 1.54) is 0 Å². The van der Waals surface area contributed by atoms with Gasteiger partial charge in [0.25, 0.3) is 0 Å². The lowest BCUT2D eigenvalue weighted by Crippen LogP contribution is -1.99. The fraction of sp³-hybridized carbons (Fsp3) is 0.235. The van der Waals surface area contributed by atoms with Crippen molar-refractivity contribution in [2.24, 2.45) is 0 Å². The Balaban J connectivity index is 2.17. The Hall–Kier alpha value is -1.98. The van der Waals surface area contributed by atoms with Crippen LogP contribution < -0.4 is 4.74 Å². The highest BCUT2D eigenvalue weighted by Gasteiger charge is 2.03. The van der Waals surface area contributed by atoms with E-state index in [9.17, 15) is 0 Å². The smallest absolute Gasteiger partial charge is 0.122 e. The number of benzene rings is 2. The Kier molecular flexibility index (Phi) is 5.03. The highest BCUT2D eigenvalue weighted by Crippen LogP contribution is 2.26. The maximum atomic E-state index is 8.81. The summed E-state index contributed by atoms with van der Waals surface area (Å²) >= 11 is 5.63. The van der Waals surface area contributed by atoms with E-state index in [1.54, 1.807) is 0 Å². The number of rotatable bonds is 5. The first-order valence-electron chi connectivity index (χ1n) is 6.54. The second kappa shape index (κ2) is 6.98. The zero-order chi connectivity index (χ0) is 14.4. The third kappa shape index (κ3) is 3.53. The van der Waals surface area contributed by atoms with Gasteiger partial charge in [0.1, 0.15) is 5.75 Å². The molecule has 0 atom stereocenters. The molecule has 0 amide bonds.